The molecule has 7 aromatic carbocycles. The first-order chi connectivity index (χ1) is 44.6. The Kier molecular flexibility index (Phi) is 12.7. The van der Waals surface area contributed by atoms with E-state index in [1.54, 1.807) is 0 Å². The second kappa shape index (κ2) is 21.9. The van der Waals surface area contributed by atoms with Crippen LogP contribution in [0.5, 0.6) is 0 Å². The van der Waals surface area contributed by atoms with Crippen molar-refractivity contribution in [3.05, 3.63) is 300 Å². The average molecular weight is 1150 g/mol. The Hall–Kier alpha value is -12.3. The highest BCUT2D eigenvalue weighted by Gasteiger charge is 2.23. The normalized spacial score (nSPS) is 12.3. The van der Waals surface area contributed by atoms with Crippen molar-refractivity contribution in [2.24, 2.45) is 0 Å². The van der Waals surface area contributed by atoms with E-state index in [2.05, 4.69) is 323 Å². The van der Waals surface area contributed by atoms with Gasteiger partial charge in [-0.1, -0.05) is 206 Å². The van der Waals surface area contributed by atoms with Gasteiger partial charge >= 0.3 is 0 Å². The highest BCUT2D eigenvalue weighted by molar-refractivity contribution is 6.03. The summed E-state index contributed by atoms with van der Waals surface area (Å²) < 4.78 is 0. The zero-order valence-corrected chi connectivity index (χ0v) is 48.7. The van der Waals surface area contributed by atoms with Crippen LogP contribution in [-0.2, 0) is 0 Å². The van der Waals surface area contributed by atoms with Gasteiger partial charge in [0.2, 0.25) is 0 Å². The lowest BCUT2D eigenvalue weighted by Gasteiger charge is -2.09. The number of hydrogen-bond acceptors (Lipinski definition) is 4. The van der Waals surface area contributed by atoms with E-state index in [0.29, 0.717) is 0 Å². The summed E-state index contributed by atoms with van der Waals surface area (Å²) in [6, 6.07) is 89.6. The van der Waals surface area contributed by atoms with Gasteiger partial charge in [0, 0.05) is 88.6 Å². The molecule has 6 aromatic heterocycles. The number of aromatic nitrogens is 8. The molecule has 8 nitrogen and oxygen atoms in total. The van der Waals surface area contributed by atoms with Crippen molar-refractivity contribution >= 4 is 92.7 Å². The molecule has 10 heterocycles. The third-order valence-electron chi connectivity index (χ3n) is 17.3. The molecule has 4 N–H and O–H groups in total. The number of aromatic amines is 4. The first kappa shape index (κ1) is 52.1. The molecule has 0 saturated heterocycles. The predicted octanol–water partition coefficient (Wildman–Crippen LogP) is 21.0. The molecule has 0 saturated carbocycles. The fourth-order valence-electron chi connectivity index (χ4n) is 13.3. The van der Waals surface area contributed by atoms with Crippen LogP contribution in [0.2, 0.25) is 0 Å². The molecular formula is C82H54N8. The summed E-state index contributed by atoms with van der Waals surface area (Å²) in [5.74, 6) is 0. The molecule has 13 aromatic rings. The number of rotatable bonds is 8. The molecule has 0 atom stereocenters. The summed E-state index contributed by atoms with van der Waals surface area (Å²) in [6.07, 6.45) is 17.2. The number of fused-ring (bicyclic) bond motifs is 16. The fourth-order valence-corrected chi connectivity index (χ4v) is 13.3. The molecule has 0 aliphatic carbocycles. The summed E-state index contributed by atoms with van der Waals surface area (Å²) in [6.45, 7) is 0. The summed E-state index contributed by atoms with van der Waals surface area (Å²) >= 11 is 0. The molecular weight excluding hydrogens is 1100 g/mol. The number of benzene rings is 7. The standard InChI is InChI=1S/C82H54N8/c1-7-19-51(20-8-1)75-59-35-39-63(83-59)77(53-23-11-3-12-24-53)67-43-47-71(87-67)81(72-48-44-68(88-72)78(54-25-13-4-14-26-54)64-40-36-60(75)84-64)57-31-33-58(34-32-57)82-73-49-45-69(89-73)79(55-27-15-5-16-28-55)65-41-37-61(85-65)76(52-21-9-2-10-22-52)62-38-42-66(86-62)80(56-29-17-6-18-30-56)70-46-50-74(82)90-70/h1-50,83,85,88,90H. The maximum absolute atomic E-state index is 5.63. The second-order valence-corrected chi connectivity index (χ2v) is 22.8. The summed E-state index contributed by atoms with van der Waals surface area (Å²) in [4.78, 5) is 37.9. The van der Waals surface area contributed by atoms with E-state index in [0.717, 1.165) is 179 Å². The average Bonchev–Trinajstić information content (AvgIpc) is 2.09. The Balaban J connectivity index is 0.923. The molecule has 4 aliphatic heterocycles. The lowest BCUT2D eigenvalue weighted by atomic mass is 9.98. The van der Waals surface area contributed by atoms with Gasteiger partial charge in [-0.05, 0) is 142 Å². The number of nitrogens with zero attached hydrogens (tertiary/aromatic N) is 4. The van der Waals surface area contributed by atoms with Crippen molar-refractivity contribution in [1.82, 2.24) is 39.9 Å². The van der Waals surface area contributed by atoms with Crippen LogP contribution in [0.1, 0.15) is 45.6 Å². The van der Waals surface area contributed by atoms with Crippen LogP contribution in [0, 0.1) is 0 Å². The van der Waals surface area contributed by atoms with E-state index in [1.165, 1.54) is 0 Å². The van der Waals surface area contributed by atoms with E-state index in [-0.39, 0.29) is 0 Å². The molecule has 4 aliphatic rings. The van der Waals surface area contributed by atoms with Gasteiger partial charge in [0.1, 0.15) is 0 Å². The van der Waals surface area contributed by atoms with Crippen molar-refractivity contribution in [2.45, 2.75) is 0 Å². The van der Waals surface area contributed by atoms with Crippen molar-refractivity contribution in [2.75, 3.05) is 0 Å². The monoisotopic (exact) mass is 1150 g/mol. The van der Waals surface area contributed by atoms with Crippen LogP contribution >= 0.6 is 0 Å². The van der Waals surface area contributed by atoms with Crippen molar-refractivity contribution in [3.63, 3.8) is 0 Å². The molecule has 17 rings (SSSR count). The van der Waals surface area contributed by atoms with E-state index in [1.807, 2.05) is 0 Å². The minimum atomic E-state index is 0.830. The lowest BCUT2D eigenvalue weighted by molar-refractivity contribution is 1.31. The minimum Gasteiger partial charge on any atom is -0.354 e. The smallest absolute Gasteiger partial charge is 0.0737 e. The van der Waals surface area contributed by atoms with E-state index >= 15 is 0 Å². The van der Waals surface area contributed by atoms with Gasteiger partial charge in [-0.3, -0.25) is 0 Å². The molecule has 0 radical (unpaired) electrons. The van der Waals surface area contributed by atoms with Crippen LogP contribution in [0.4, 0.5) is 0 Å². The Morgan fingerprint density at radius 3 is 0.422 bits per heavy atom. The van der Waals surface area contributed by atoms with Crippen LogP contribution in [-0.4, -0.2) is 39.9 Å². The van der Waals surface area contributed by atoms with Crippen LogP contribution < -0.4 is 0 Å². The molecule has 422 valence electrons. The maximum Gasteiger partial charge on any atom is 0.0737 e. The Morgan fingerprint density at radius 1 is 0.144 bits per heavy atom. The fraction of sp³-hybridized carbons (Fsp3) is 0. The minimum absolute atomic E-state index is 0.830. The zero-order valence-electron chi connectivity index (χ0n) is 48.7. The first-order valence-electron chi connectivity index (χ1n) is 30.4. The molecule has 90 heavy (non-hydrogen) atoms. The first-order valence-corrected chi connectivity index (χ1v) is 30.4. The van der Waals surface area contributed by atoms with Crippen LogP contribution in [0.15, 0.2) is 255 Å². The number of nitrogens with one attached hydrogen (secondary N) is 4. The quantitative estimate of drug-likeness (QED) is 0.121. The molecule has 0 amide bonds. The highest BCUT2D eigenvalue weighted by Crippen LogP contribution is 2.42. The second-order valence-electron chi connectivity index (χ2n) is 22.8. The molecule has 0 spiro atoms. The van der Waals surface area contributed by atoms with Crippen molar-refractivity contribution in [3.8, 4) is 89.0 Å². The third kappa shape index (κ3) is 9.26. The highest BCUT2D eigenvalue weighted by atomic mass is 14.8. The summed E-state index contributed by atoms with van der Waals surface area (Å²) in [7, 11) is 0. The van der Waals surface area contributed by atoms with Gasteiger partial charge in [-0.15, -0.1) is 0 Å². The van der Waals surface area contributed by atoms with Crippen LogP contribution in [0.3, 0.4) is 0 Å². The largest absolute Gasteiger partial charge is 0.354 e. The topological polar surface area (TPSA) is 115 Å². The molecule has 8 heteroatoms. The Morgan fingerprint density at radius 2 is 0.278 bits per heavy atom. The maximum atomic E-state index is 5.63. The van der Waals surface area contributed by atoms with E-state index in [4.69, 9.17) is 19.9 Å². The Bertz CT molecular complexity index is 5060. The zero-order chi connectivity index (χ0) is 59.5. The van der Waals surface area contributed by atoms with E-state index in [9.17, 15) is 0 Å². The number of hydrogen-bond donors (Lipinski definition) is 4. The third-order valence-corrected chi connectivity index (χ3v) is 17.3. The van der Waals surface area contributed by atoms with Gasteiger partial charge in [0.25, 0.3) is 0 Å². The predicted molar refractivity (Wildman–Crippen MR) is 375 cm³/mol. The van der Waals surface area contributed by atoms with Gasteiger partial charge in [0.05, 0.1) is 45.6 Å². The van der Waals surface area contributed by atoms with Gasteiger partial charge in [0.15, 0.2) is 0 Å². The van der Waals surface area contributed by atoms with E-state index < -0.39 is 0 Å². The summed E-state index contributed by atoms with van der Waals surface area (Å²) in [5, 5.41) is 0. The molecule has 0 fully saturated rings. The van der Waals surface area contributed by atoms with Crippen molar-refractivity contribution < 1.29 is 0 Å². The van der Waals surface area contributed by atoms with Crippen molar-refractivity contribution in [1.29, 1.82) is 0 Å². The van der Waals surface area contributed by atoms with Gasteiger partial charge < -0.3 is 19.9 Å². The molecule has 16 bridgehead atoms. The van der Waals surface area contributed by atoms with Gasteiger partial charge in [-0.25, -0.2) is 19.9 Å². The lowest BCUT2D eigenvalue weighted by Crippen LogP contribution is -1.91. The summed E-state index contributed by atoms with van der Waals surface area (Å²) in [5.41, 5.74) is 30.6. The Labute approximate surface area is 519 Å². The molecule has 0 unspecified atom stereocenters. The SMILES string of the molecule is C1=Cc2nc1c(-c1ccccc1)c1ccc([nH]1)c(-c1ccccc1)c1nc(c(-c3ccc(-c4c5nc(c(-c6ccccc6)c6ccc([nH]6)c(-c6ccccc6)c6nc(c(-c7ccccc7)c7ccc4[nH]7)C=C6)C=C5)cc3)c3ccc([nH]3)c2-c2ccccc2)C=C1. The van der Waals surface area contributed by atoms with Gasteiger partial charge in [-0.2, -0.15) is 0 Å². The van der Waals surface area contributed by atoms with Crippen LogP contribution in [0.25, 0.3) is 182 Å². The number of H-pyrrole nitrogens is 4.